The summed E-state index contributed by atoms with van der Waals surface area (Å²) in [7, 11) is 1.76. The molecular weight excluding hydrogens is 268 g/mol. The summed E-state index contributed by atoms with van der Waals surface area (Å²) in [5.74, 6) is 0. The van der Waals surface area contributed by atoms with Crippen molar-refractivity contribution in [2.75, 3.05) is 0 Å². The summed E-state index contributed by atoms with van der Waals surface area (Å²) in [6, 6.07) is 4.65. The van der Waals surface area contributed by atoms with Gasteiger partial charge in [0.2, 0.25) is 0 Å². The van der Waals surface area contributed by atoms with Crippen LogP contribution in [0.15, 0.2) is 34.6 Å². The van der Waals surface area contributed by atoms with E-state index in [4.69, 9.17) is 0 Å². The average Bonchev–Trinajstić information content (AvgIpc) is 2.75. The molecule has 1 N–H and O–H groups in total. The highest BCUT2D eigenvalue weighted by molar-refractivity contribution is 7.99. The van der Waals surface area contributed by atoms with Crippen LogP contribution in [0.1, 0.15) is 18.6 Å². The molecule has 1 aromatic carbocycles. The van der Waals surface area contributed by atoms with E-state index in [-0.39, 0.29) is 5.69 Å². The highest BCUT2D eigenvalue weighted by Crippen LogP contribution is 2.35. The minimum absolute atomic E-state index is 0.0496. The average molecular weight is 280 g/mol. The Labute approximate surface area is 113 Å². The lowest BCUT2D eigenvalue weighted by Gasteiger charge is -2.07. The van der Waals surface area contributed by atoms with Gasteiger partial charge in [-0.1, -0.05) is 6.07 Å². The van der Waals surface area contributed by atoms with E-state index in [1.807, 2.05) is 0 Å². The quantitative estimate of drug-likeness (QED) is 0.679. The number of nitro groups is 1. The molecule has 2 aromatic rings. The number of aromatic nitrogens is 3. The lowest BCUT2D eigenvalue weighted by molar-refractivity contribution is -0.387. The molecule has 0 saturated heterocycles. The molecule has 1 aromatic heterocycles. The van der Waals surface area contributed by atoms with Crippen molar-refractivity contribution in [2.45, 2.75) is 23.1 Å². The molecule has 0 aliphatic rings. The molecule has 19 heavy (non-hydrogen) atoms. The van der Waals surface area contributed by atoms with Crippen LogP contribution >= 0.6 is 11.8 Å². The molecule has 0 saturated carbocycles. The maximum Gasteiger partial charge on any atom is 0.283 e. The number of hydrogen-bond acceptors (Lipinski definition) is 6. The normalized spacial score (nSPS) is 12.4. The Morgan fingerprint density at radius 2 is 2.26 bits per heavy atom. The molecule has 2 rings (SSSR count). The number of nitro benzene ring substituents is 1. The Morgan fingerprint density at radius 3 is 2.79 bits per heavy atom. The van der Waals surface area contributed by atoms with E-state index in [0.717, 1.165) is 11.8 Å². The number of nitrogens with zero attached hydrogens (tertiary/aromatic N) is 4. The number of hydrogen-bond donors (Lipinski definition) is 1. The molecule has 8 heteroatoms. The first kappa shape index (κ1) is 13.5. The van der Waals surface area contributed by atoms with Crippen molar-refractivity contribution in [3.8, 4) is 0 Å². The molecule has 1 atom stereocenters. The third kappa shape index (κ3) is 2.91. The third-order valence-electron chi connectivity index (χ3n) is 2.53. The minimum atomic E-state index is -0.743. The fourth-order valence-electron chi connectivity index (χ4n) is 1.49. The van der Waals surface area contributed by atoms with Crippen molar-refractivity contribution in [1.29, 1.82) is 0 Å². The summed E-state index contributed by atoms with van der Waals surface area (Å²) in [5.41, 5.74) is 0.459. The van der Waals surface area contributed by atoms with E-state index < -0.39 is 11.0 Å². The Morgan fingerprint density at radius 1 is 1.53 bits per heavy atom. The maximum atomic E-state index is 11.1. The summed E-state index contributed by atoms with van der Waals surface area (Å²) < 4.78 is 1.68. The summed E-state index contributed by atoms with van der Waals surface area (Å²) in [6.07, 6.45) is 0.783. The van der Waals surface area contributed by atoms with Gasteiger partial charge < -0.3 is 9.67 Å². The maximum absolute atomic E-state index is 11.1. The monoisotopic (exact) mass is 280 g/mol. The fourth-order valence-corrected chi connectivity index (χ4v) is 2.34. The highest BCUT2D eigenvalue weighted by Gasteiger charge is 2.18. The van der Waals surface area contributed by atoms with E-state index in [1.54, 1.807) is 30.7 Å². The van der Waals surface area contributed by atoms with Crippen LogP contribution in [0.5, 0.6) is 0 Å². The minimum Gasteiger partial charge on any atom is -0.389 e. The van der Waals surface area contributed by atoms with Gasteiger partial charge in [-0.3, -0.25) is 10.1 Å². The van der Waals surface area contributed by atoms with Gasteiger partial charge in [-0.2, -0.15) is 0 Å². The Hall–Kier alpha value is -1.93. The van der Waals surface area contributed by atoms with Gasteiger partial charge >= 0.3 is 0 Å². The smallest absolute Gasteiger partial charge is 0.283 e. The van der Waals surface area contributed by atoms with Gasteiger partial charge in [0.15, 0.2) is 5.16 Å². The Bertz CT molecular complexity index is 612. The van der Waals surface area contributed by atoms with Gasteiger partial charge in [0, 0.05) is 13.1 Å². The standard InChI is InChI=1S/C11H12N4O3S/c1-7(16)8-3-4-10(9(5-8)15(17)18)19-11-13-12-6-14(11)2/h3-7,16H,1-2H3. The van der Waals surface area contributed by atoms with Crippen LogP contribution in [0.3, 0.4) is 0 Å². The molecule has 1 unspecified atom stereocenters. The predicted molar refractivity (Wildman–Crippen MR) is 68.9 cm³/mol. The molecule has 7 nitrogen and oxygen atoms in total. The fraction of sp³-hybridized carbons (Fsp3) is 0.273. The van der Waals surface area contributed by atoms with Crippen molar-refractivity contribution in [3.63, 3.8) is 0 Å². The molecule has 0 aliphatic carbocycles. The zero-order chi connectivity index (χ0) is 14.0. The zero-order valence-corrected chi connectivity index (χ0v) is 11.2. The van der Waals surface area contributed by atoms with Crippen molar-refractivity contribution in [3.05, 3.63) is 40.2 Å². The van der Waals surface area contributed by atoms with Crippen molar-refractivity contribution in [2.24, 2.45) is 7.05 Å². The van der Waals surface area contributed by atoms with Gasteiger partial charge in [-0.05, 0) is 30.3 Å². The molecule has 0 aliphatic heterocycles. The van der Waals surface area contributed by atoms with E-state index in [9.17, 15) is 15.2 Å². The lowest BCUT2D eigenvalue weighted by atomic mass is 10.1. The molecular formula is C11H12N4O3S. The van der Waals surface area contributed by atoms with Gasteiger partial charge in [0.25, 0.3) is 5.69 Å². The summed E-state index contributed by atoms with van der Waals surface area (Å²) in [4.78, 5) is 11.1. The second-order valence-corrected chi connectivity index (χ2v) is 5.00. The largest absolute Gasteiger partial charge is 0.389 e. The second kappa shape index (κ2) is 5.37. The number of rotatable bonds is 4. The first-order valence-corrected chi connectivity index (χ1v) is 6.29. The number of aryl methyl sites for hydroxylation is 1. The van der Waals surface area contributed by atoms with Crippen LogP contribution in [-0.2, 0) is 7.05 Å². The Balaban J connectivity index is 2.40. The molecule has 0 bridgehead atoms. The molecule has 0 fully saturated rings. The van der Waals surface area contributed by atoms with Crippen molar-refractivity contribution < 1.29 is 10.0 Å². The molecule has 1 heterocycles. The van der Waals surface area contributed by atoms with Gasteiger partial charge in [0.1, 0.15) is 6.33 Å². The Kier molecular flexibility index (Phi) is 3.82. The van der Waals surface area contributed by atoms with E-state index in [1.165, 1.54) is 12.4 Å². The van der Waals surface area contributed by atoms with E-state index >= 15 is 0 Å². The number of benzene rings is 1. The number of aliphatic hydroxyl groups is 1. The van der Waals surface area contributed by atoms with Gasteiger partial charge in [-0.25, -0.2) is 0 Å². The summed E-state index contributed by atoms with van der Waals surface area (Å²) in [5, 5.41) is 28.7. The van der Waals surface area contributed by atoms with E-state index in [0.29, 0.717) is 15.6 Å². The van der Waals surface area contributed by atoms with Crippen molar-refractivity contribution in [1.82, 2.24) is 14.8 Å². The first-order valence-electron chi connectivity index (χ1n) is 5.47. The summed E-state index contributed by atoms with van der Waals surface area (Å²) in [6.45, 7) is 1.56. The highest BCUT2D eigenvalue weighted by atomic mass is 32.2. The zero-order valence-electron chi connectivity index (χ0n) is 10.3. The SMILES string of the molecule is CC(O)c1ccc(Sc2nncn2C)c([N+](=O)[O-])c1. The van der Waals surface area contributed by atoms with Gasteiger partial charge in [-0.15, -0.1) is 10.2 Å². The first-order chi connectivity index (χ1) is 8.99. The van der Waals surface area contributed by atoms with Crippen LogP contribution in [0.25, 0.3) is 0 Å². The lowest BCUT2D eigenvalue weighted by Crippen LogP contribution is -1.97. The van der Waals surface area contributed by atoms with Crippen LogP contribution in [0, 0.1) is 10.1 Å². The topological polar surface area (TPSA) is 94.1 Å². The molecule has 0 radical (unpaired) electrons. The third-order valence-corrected chi connectivity index (χ3v) is 3.65. The van der Waals surface area contributed by atoms with Gasteiger partial charge in [0.05, 0.1) is 15.9 Å². The van der Waals surface area contributed by atoms with E-state index in [2.05, 4.69) is 10.2 Å². The molecule has 100 valence electrons. The molecule has 0 spiro atoms. The second-order valence-electron chi connectivity index (χ2n) is 3.99. The predicted octanol–water partition coefficient (Wildman–Crippen LogP) is 1.93. The summed E-state index contributed by atoms with van der Waals surface area (Å²) >= 11 is 1.16. The van der Waals surface area contributed by atoms with Crippen LogP contribution in [-0.4, -0.2) is 24.8 Å². The van der Waals surface area contributed by atoms with Crippen LogP contribution < -0.4 is 0 Å². The molecule has 0 amide bonds. The van der Waals surface area contributed by atoms with Crippen LogP contribution in [0.4, 0.5) is 5.69 Å². The number of aliphatic hydroxyl groups excluding tert-OH is 1. The van der Waals surface area contributed by atoms with Crippen molar-refractivity contribution >= 4 is 17.4 Å². The van der Waals surface area contributed by atoms with Crippen LogP contribution in [0.2, 0.25) is 0 Å².